The summed E-state index contributed by atoms with van der Waals surface area (Å²) in [5.41, 5.74) is 0.818. The first-order valence-corrected chi connectivity index (χ1v) is 8.77. The van der Waals surface area contributed by atoms with Crippen LogP contribution in [0.25, 0.3) is 0 Å². The number of ether oxygens (including phenoxy) is 1. The molecule has 0 spiro atoms. The smallest absolute Gasteiger partial charge is 0.371 e. The molecular formula is C18H22F4N2O2. The van der Waals surface area contributed by atoms with E-state index in [0.717, 1.165) is 5.56 Å². The molecule has 4 nitrogen and oxygen atoms in total. The molecule has 0 saturated carbocycles. The van der Waals surface area contributed by atoms with Gasteiger partial charge < -0.3 is 9.64 Å². The van der Waals surface area contributed by atoms with Gasteiger partial charge in [-0.05, 0) is 30.5 Å². The fourth-order valence-corrected chi connectivity index (χ4v) is 3.49. The number of likely N-dealkylation sites (tertiary alicyclic amines) is 1. The summed E-state index contributed by atoms with van der Waals surface area (Å²) < 4.78 is 57.5. The van der Waals surface area contributed by atoms with Crippen molar-refractivity contribution in [3.8, 4) is 0 Å². The molecule has 0 N–H and O–H groups in total. The lowest BCUT2D eigenvalue weighted by molar-refractivity contribution is -0.188. The molecule has 0 unspecified atom stereocenters. The first kappa shape index (κ1) is 19.1. The highest BCUT2D eigenvalue weighted by atomic mass is 19.4. The highest BCUT2D eigenvalue weighted by Gasteiger charge is 2.42. The summed E-state index contributed by atoms with van der Waals surface area (Å²) in [4.78, 5) is 15.7. The predicted molar refractivity (Wildman–Crippen MR) is 86.9 cm³/mol. The Bertz CT molecular complexity index is 621. The molecule has 1 amide bonds. The van der Waals surface area contributed by atoms with Gasteiger partial charge in [-0.1, -0.05) is 12.1 Å². The van der Waals surface area contributed by atoms with Gasteiger partial charge in [0, 0.05) is 26.2 Å². The standard InChI is InChI=1S/C18H22F4N2O2/c19-15-5-3-13(4-6-15)16-11-23(8-9-26-16)12-17(25)24-7-1-2-14(10-24)18(20,21)22/h3-6,14,16H,1-2,7-12H2/t14-,16-/m0/s1. The van der Waals surface area contributed by atoms with E-state index in [0.29, 0.717) is 32.7 Å². The van der Waals surface area contributed by atoms with Gasteiger partial charge in [-0.25, -0.2) is 4.39 Å². The quantitative estimate of drug-likeness (QED) is 0.763. The molecule has 2 aliphatic rings. The second-order valence-electron chi connectivity index (χ2n) is 6.87. The zero-order valence-corrected chi connectivity index (χ0v) is 14.3. The van der Waals surface area contributed by atoms with Crippen molar-refractivity contribution in [3.05, 3.63) is 35.6 Å². The fourth-order valence-electron chi connectivity index (χ4n) is 3.49. The van der Waals surface area contributed by atoms with E-state index < -0.39 is 12.1 Å². The Hall–Kier alpha value is -1.67. The highest BCUT2D eigenvalue weighted by Crippen LogP contribution is 2.33. The Kier molecular flexibility index (Phi) is 5.82. The van der Waals surface area contributed by atoms with Crippen LogP contribution >= 0.6 is 0 Å². The maximum atomic E-state index is 13.0. The molecule has 1 aromatic carbocycles. The minimum atomic E-state index is -4.26. The maximum absolute atomic E-state index is 13.0. The summed E-state index contributed by atoms with van der Waals surface area (Å²) in [5.74, 6) is -2.04. The molecule has 26 heavy (non-hydrogen) atoms. The van der Waals surface area contributed by atoms with Crippen LogP contribution in [-0.4, -0.2) is 61.2 Å². The van der Waals surface area contributed by atoms with E-state index in [9.17, 15) is 22.4 Å². The Morgan fingerprint density at radius 2 is 1.88 bits per heavy atom. The summed E-state index contributed by atoms with van der Waals surface area (Å²) in [5, 5.41) is 0. The van der Waals surface area contributed by atoms with Crippen molar-refractivity contribution in [2.75, 3.05) is 39.3 Å². The van der Waals surface area contributed by atoms with E-state index in [1.54, 1.807) is 12.1 Å². The van der Waals surface area contributed by atoms with Gasteiger partial charge in [0.15, 0.2) is 0 Å². The molecule has 0 bridgehead atoms. The van der Waals surface area contributed by atoms with Crippen molar-refractivity contribution in [1.29, 1.82) is 0 Å². The molecule has 8 heteroatoms. The monoisotopic (exact) mass is 374 g/mol. The molecule has 0 radical (unpaired) electrons. The zero-order valence-electron chi connectivity index (χ0n) is 14.3. The largest absolute Gasteiger partial charge is 0.393 e. The van der Waals surface area contributed by atoms with Gasteiger partial charge in [-0.15, -0.1) is 0 Å². The summed E-state index contributed by atoms with van der Waals surface area (Å²) in [6, 6.07) is 6.00. The van der Waals surface area contributed by atoms with Gasteiger partial charge in [0.2, 0.25) is 5.91 Å². The van der Waals surface area contributed by atoms with Gasteiger partial charge in [0.1, 0.15) is 5.82 Å². The van der Waals surface area contributed by atoms with Crippen molar-refractivity contribution >= 4 is 5.91 Å². The number of nitrogens with zero attached hydrogens (tertiary/aromatic N) is 2. The van der Waals surface area contributed by atoms with Crippen LogP contribution in [0, 0.1) is 11.7 Å². The molecular weight excluding hydrogens is 352 g/mol. The van der Waals surface area contributed by atoms with E-state index in [1.807, 2.05) is 4.90 Å². The fraction of sp³-hybridized carbons (Fsp3) is 0.611. The van der Waals surface area contributed by atoms with Crippen LogP contribution in [0.3, 0.4) is 0 Å². The Labute approximate surface area is 149 Å². The van der Waals surface area contributed by atoms with Crippen LogP contribution in [0.5, 0.6) is 0 Å². The van der Waals surface area contributed by atoms with Crippen LogP contribution in [-0.2, 0) is 9.53 Å². The van der Waals surface area contributed by atoms with Crippen molar-refractivity contribution in [2.45, 2.75) is 25.1 Å². The predicted octanol–water partition coefficient (Wildman–Crippen LogP) is 3.00. The lowest BCUT2D eigenvalue weighted by atomic mass is 9.97. The number of benzene rings is 1. The maximum Gasteiger partial charge on any atom is 0.393 e. The van der Waals surface area contributed by atoms with Crippen LogP contribution in [0.4, 0.5) is 17.6 Å². The van der Waals surface area contributed by atoms with Crippen LogP contribution < -0.4 is 0 Å². The minimum absolute atomic E-state index is 0.0750. The molecule has 0 aromatic heterocycles. The molecule has 144 valence electrons. The average Bonchev–Trinajstić information content (AvgIpc) is 2.62. The number of morpholine rings is 1. The van der Waals surface area contributed by atoms with Crippen LogP contribution in [0.2, 0.25) is 0 Å². The molecule has 0 aliphatic carbocycles. The molecule has 2 heterocycles. The molecule has 2 atom stereocenters. The molecule has 3 rings (SSSR count). The first-order valence-electron chi connectivity index (χ1n) is 8.77. The lowest BCUT2D eigenvalue weighted by Gasteiger charge is -2.37. The molecule has 2 fully saturated rings. The van der Waals surface area contributed by atoms with Gasteiger partial charge >= 0.3 is 6.18 Å². The Morgan fingerprint density at radius 1 is 1.15 bits per heavy atom. The molecule has 2 saturated heterocycles. The average molecular weight is 374 g/mol. The Balaban J connectivity index is 1.56. The number of carbonyl (C=O) groups excluding carboxylic acids is 1. The summed E-state index contributed by atoms with van der Waals surface area (Å²) in [6.45, 7) is 1.60. The van der Waals surface area contributed by atoms with Crippen LogP contribution in [0.15, 0.2) is 24.3 Å². The van der Waals surface area contributed by atoms with Gasteiger partial charge in [0.05, 0.1) is 25.2 Å². The van der Waals surface area contributed by atoms with Crippen molar-refractivity contribution in [1.82, 2.24) is 9.80 Å². The topological polar surface area (TPSA) is 32.8 Å². The van der Waals surface area contributed by atoms with Gasteiger partial charge in [-0.3, -0.25) is 9.69 Å². The highest BCUT2D eigenvalue weighted by molar-refractivity contribution is 5.78. The number of amides is 1. The summed E-state index contributed by atoms with van der Waals surface area (Å²) in [7, 11) is 0. The van der Waals surface area contributed by atoms with Crippen molar-refractivity contribution < 1.29 is 27.1 Å². The normalized spacial score (nSPS) is 25.3. The number of hydrogen-bond acceptors (Lipinski definition) is 3. The molecule has 2 aliphatic heterocycles. The number of hydrogen-bond donors (Lipinski definition) is 0. The number of piperidine rings is 1. The SMILES string of the molecule is O=C(CN1CCO[C@H](c2ccc(F)cc2)C1)N1CCC[C@H](C(F)(F)F)C1. The third kappa shape index (κ3) is 4.73. The second-order valence-corrected chi connectivity index (χ2v) is 6.87. The van der Waals surface area contributed by atoms with E-state index in [1.165, 1.54) is 17.0 Å². The zero-order chi connectivity index (χ0) is 18.7. The third-order valence-electron chi connectivity index (χ3n) is 4.99. The van der Waals surface area contributed by atoms with E-state index in [-0.39, 0.29) is 37.3 Å². The molecule has 1 aromatic rings. The van der Waals surface area contributed by atoms with E-state index in [2.05, 4.69) is 0 Å². The van der Waals surface area contributed by atoms with Gasteiger partial charge in [-0.2, -0.15) is 13.2 Å². The number of halogens is 4. The Morgan fingerprint density at radius 3 is 2.58 bits per heavy atom. The summed E-state index contributed by atoms with van der Waals surface area (Å²) in [6.07, 6.45) is -4.08. The van der Waals surface area contributed by atoms with E-state index >= 15 is 0 Å². The number of carbonyl (C=O) groups is 1. The first-order chi connectivity index (χ1) is 12.3. The van der Waals surface area contributed by atoms with E-state index in [4.69, 9.17) is 4.74 Å². The van der Waals surface area contributed by atoms with Crippen molar-refractivity contribution in [2.24, 2.45) is 5.92 Å². The third-order valence-corrected chi connectivity index (χ3v) is 4.99. The number of alkyl halides is 3. The second kappa shape index (κ2) is 7.92. The van der Waals surface area contributed by atoms with Crippen molar-refractivity contribution in [3.63, 3.8) is 0 Å². The lowest BCUT2D eigenvalue weighted by Crippen LogP contribution is -2.50. The number of rotatable bonds is 3. The summed E-state index contributed by atoms with van der Waals surface area (Å²) >= 11 is 0. The van der Waals surface area contributed by atoms with Gasteiger partial charge in [0.25, 0.3) is 0 Å². The minimum Gasteiger partial charge on any atom is -0.371 e. The van der Waals surface area contributed by atoms with Crippen LogP contribution in [0.1, 0.15) is 24.5 Å².